The van der Waals surface area contributed by atoms with E-state index in [4.69, 9.17) is 17.3 Å². The Labute approximate surface area is 122 Å². The van der Waals surface area contributed by atoms with Crippen molar-refractivity contribution in [3.05, 3.63) is 47.4 Å². The van der Waals surface area contributed by atoms with Gasteiger partial charge in [0.05, 0.1) is 16.6 Å². The minimum atomic E-state index is -4.43. The molecule has 0 amide bonds. The quantitative estimate of drug-likeness (QED) is 0.698. The lowest BCUT2D eigenvalue weighted by Crippen LogP contribution is -2.05. The van der Waals surface area contributed by atoms with Crippen LogP contribution in [0.3, 0.4) is 0 Å². The van der Waals surface area contributed by atoms with E-state index < -0.39 is 11.7 Å². The Bertz CT molecular complexity index is 809. The van der Waals surface area contributed by atoms with E-state index in [-0.39, 0.29) is 16.5 Å². The molecular weight excluding hydrogens is 305 g/mol. The number of fused-ring (bicyclic) bond motifs is 1. The molecule has 0 saturated carbocycles. The molecule has 0 aliphatic heterocycles. The van der Waals surface area contributed by atoms with Gasteiger partial charge in [-0.25, -0.2) is 9.50 Å². The van der Waals surface area contributed by atoms with Crippen molar-refractivity contribution in [2.45, 2.75) is 6.18 Å². The Morgan fingerprint density at radius 1 is 1.19 bits per heavy atom. The summed E-state index contributed by atoms with van der Waals surface area (Å²) in [6, 6.07) is 5.12. The smallest absolute Gasteiger partial charge is 0.382 e. The van der Waals surface area contributed by atoms with Crippen LogP contribution in [0.1, 0.15) is 5.56 Å². The summed E-state index contributed by atoms with van der Waals surface area (Å²) < 4.78 is 39.8. The third-order valence-electron chi connectivity index (χ3n) is 3.01. The lowest BCUT2D eigenvalue weighted by molar-refractivity contribution is -0.137. The molecule has 0 bridgehead atoms. The van der Waals surface area contributed by atoms with Crippen LogP contribution in [0, 0.1) is 0 Å². The van der Waals surface area contributed by atoms with Crippen molar-refractivity contribution in [3.8, 4) is 11.1 Å². The van der Waals surface area contributed by atoms with E-state index in [2.05, 4.69) is 10.1 Å². The highest BCUT2D eigenvalue weighted by Gasteiger charge is 2.31. The van der Waals surface area contributed by atoms with Gasteiger partial charge in [-0.2, -0.15) is 18.3 Å². The summed E-state index contributed by atoms with van der Waals surface area (Å²) in [5.41, 5.74) is 6.24. The number of alkyl halides is 3. The van der Waals surface area contributed by atoms with Crippen LogP contribution in [-0.2, 0) is 6.18 Å². The van der Waals surface area contributed by atoms with E-state index >= 15 is 0 Å². The van der Waals surface area contributed by atoms with E-state index in [0.717, 1.165) is 12.1 Å². The summed E-state index contributed by atoms with van der Waals surface area (Å²) in [4.78, 5) is 3.90. The van der Waals surface area contributed by atoms with Crippen LogP contribution < -0.4 is 5.73 Å². The Morgan fingerprint density at radius 2 is 1.95 bits per heavy atom. The maximum absolute atomic E-state index is 12.8. The molecule has 0 saturated heterocycles. The van der Waals surface area contributed by atoms with Crippen LogP contribution in [0.25, 0.3) is 16.6 Å². The first kappa shape index (κ1) is 13.7. The molecule has 21 heavy (non-hydrogen) atoms. The van der Waals surface area contributed by atoms with Gasteiger partial charge in [-0.05, 0) is 24.3 Å². The molecule has 0 aliphatic rings. The molecule has 2 N–H and O–H groups in total. The molecule has 0 unspecified atom stereocenters. The number of hydrogen-bond donors (Lipinski definition) is 1. The van der Waals surface area contributed by atoms with Crippen molar-refractivity contribution in [2.24, 2.45) is 0 Å². The number of pyridine rings is 2. The van der Waals surface area contributed by atoms with Crippen molar-refractivity contribution in [1.82, 2.24) is 14.6 Å². The van der Waals surface area contributed by atoms with E-state index in [1.807, 2.05) is 0 Å². The van der Waals surface area contributed by atoms with Gasteiger partial charge in [0.15, 0.2) is 5.82 Å². The van der Waals surface area contributed by atoms with Crippen LogP contribution >= 0.6 is 11.6 Å². The highest BCUT2D eigenvalue weighted by atomic mass is 35.5. The molecule has 0 fully saturated rings. The molecule has 0 aliphatic carbocycles. The van der Waals surface area contributed by atoms with Crippen LogP contribution in [-0.4, -0.2) is 14.6 Å². The molecule has 0 atom stereocenters. The highest BCUT2D eigenvalue weighted by Crippen LogP contribution is 2.35. The number of nitrogens with two attached hydrogens (primary N) is 1. The fourth-order valence-corrected chi connectivity index (χ4v) is 2.17. The Hall–Kier alpha value is -2.28. The molecule has 8 heteroatoms. The average Bonchev–Trinajstić information content (AvgIpc) is 2.74. The lowest BCUT2D eigenvalue weighted by atomic mass is 10.1. The van der Waals surface area contributed by atoms with Gasteiger partial charge in [0.2, 0.25) is 0 Å². The Kier molecular flexibility index (Phi) is 3.02. The summed E-state index contributed by atoms with van der Waals surface area (Å²) in [6.07, 6.45) is -1.77. The fraction of sp³-hybridized carbons (Fsp3) is 0.0769. The van der Waals surface area contributed by atoms with Crippen molar-refractivity contribution in [3.63, 3.8) is 0 Å². The van der Waals surface area contributed by atoms with E-state index in [1.54, 1.807) is 6.07 Å². The zero-order chi connectivity index (χ0) is 15.2. The first-order chi connectivity index (χ1) is 9.86. The first-order valence-electron chi connectivity index (χ1n) is 5.83. The zero-order valence-electron chi connectivity index (χ0n) is 10.4. The zero-order valence-corrected chi connectivity index (χ0v) is 11.2. The van der Waals surface area contributed by atoms with Gasteiger partial charge in [0.25, 0.3) is 0 Å². The minimum Gasteiger partial charge on any atom is -0.382 e. The van der Waals surface area contributed by atoms with E-state index in [1.165, 1.54) is 23.0 Å². The van der Waals surface area contributed by atoms with Crippen molar-refractivity contribution in [2.75, 3.05) is 5.73 Å². The number of rotatable bonds is 1. The number of hydrogen-bond acceptors (Lipinski definition) is 3. The topological polar surface area (TPSA) is 56.2 Å². The summed E-state index contributed by atoms with van der Waals surface area (Å²) in [5, 5.41) is 4.28. The summed E-state index contributed by atoms with van der Waals surface area (Å²) >= 11 is 5.70. The van der Waals surface area contributed by atoms with Crippen molar-refractivity contribution >= 4 is 22.9 Å². The monoisotopic (exact) mass is 312 g/mol. The second-order valence-corrected chi connectivity index (χ2v) is 4.76. The van der Waals surface area contributed by atoms with Crippen LogP contribution in [0.4, 0.5) is 19.0 Å². The van der Waals surface area contributed by atoms with Crippen LogP contribution in [0.15, 0.2) is 36.7 Å². The van der Waals surface area contributed by atoms with E-state index in [0.29, 0.717) is 11.1 Å². The average molecular weight is 313 g/mol. The lowest BCUT2D eigenvalue weighted by Gasteiger charge is -2.07. The second kappa shape index (κ2) is 4.63. The molecule has 3 rings (SSSR count). The van der Waals surface area contributed by atoms with Crippen LogP contribution in [0.2, 0.25) is 5.15 Å². The highest BCUT2D eigenvalue weighted by molar-refractivity contribution is 6.29. The molecule has 0 spiro atoms. The van der Waals surface area contributed by atoms with Gasteiger partial charge in [-0.15, -0.1) is 0 Å². The maximum atomic E-state index is 12.8. The number of nitrogen functional groups attached to an aromatic ring is 1. The van der Waals surface area contributed by atoms with E-state index in [9.17, 15) is 13.2 Å². The summed E-state index contributed by atoms with van der Waals surface area (Å²) in [5.74, 6) is 0.124. The fourth-order valence-electron chi connectivity index (χ4n) is 2.06. The van der Waals surface area contributed by atoms with Gasteiger partial charge < -0.3 is 5.73 Å². The minimum absolute atomic E-state index is 0.124. The van der Waals surface area contributed by atoms with Crippen LogP contribution in [0.5, 0.6) is 0 Å². The maximum Gasteiger partial charge on any atom is 0.416 e. The second-order valence-electron chi connectivity index (χ2n) is 4.37. The molecular formula is C13H8ClF3N4. The number of nitrogens with zero attached hydrogens (tertiary/aromatic N) is 3. The number of halogens is 4. The van der Waals surface area contributed by atoms with Gasteiger partial charge >= 0.3 is 6.18 Å². The number of aromatic nitrogens is 3. The van der Waals surface area contributed by atoms with Gasteiger partial charge in [0.1, 0.15) is 5.15 Å². The molecule has 4 nitrogen and oxygen atoms in total. The van der Waals surface area contributed by atoms with Crippen molar-refractivity contribution in [1.29, 1.82) is 0 Å². The SMILES string of the molecule is Nc1nn2ccc(C(F)(F)F)cc2c1-c1ccc(Cl)nc1. The molecule has 108 valence electrons. The first-order valence-corrected chi connectivity index (χ1v) is 6.21. The standard InChI is InChI=1S/C13H8ClF3N4/c14-10-2-1-7(6-19-10)11-9-5-8(13(15,16)17)3-4-21(9)20-12(11)18/h1-6H,(H2,18,20). The molecule has 0 radical (unpaired) electrons. The normalized spacial score (nSPS) is 12.0. The predicted molar refractivity (Wildman–Crippen MR) is 72.8 cm³/mol. The molecule has 3 aromatic rings. The molecule has 0 aromatic carbocycles. The van der Waals surface area contributed by atoms with Gasteiger partial charge in [-0.3, -0.25) is 0 Å². The Balaban J connectivity index is 2.26. The van der Waals surface area contributed by atoms with Crippen molar-refractivity contribution < 1.29 is 13.2 Å². The molecule has 3 aromatic heterocycles. The Morgan fingerprint density at radius 3 is 2.57 bits per heavy atom. The summed E-state index contributed by atoms with van der Waals surface area (Å²) in [7, 11) is 0. The largest absolute Gasteiger partial charge is 0.416 e. The third kappa shape index (κ3) is 2.40. The third-order valence-corrected chi connectivity index (χ3v) is 3.23. The number of anilines is 1. The summed E-state index contributed by atoms with van der Waals surface area (Å²) in [6.45, 7) is 0. The van der Waals surface area contributed by atoms with Gasteiger partial charge in [0, 0.05) is 18.0 Å². The predicted octanol–water partition coefficient (Wildman–Crippen LogP) is 3.65. The van der Waals surface area contributed by atoms with Gasteiger partial charge in [-0.1, -0.05) is 11.6 Å². The molecule has 3 heterocycles.